The maximum atomic E-state index is 4.58. The zero-order chi connectivity index (χ0) is 17.8. The van der Waals surface area contributed by atoms with E-state index in [0.29, 0.717) is 12.0 Å². The SMILES string of the molecule is CCCn1ccnc1CN1CCC(C2NNCC2c2ccccc2)CC1. The van der Waals surface area contributed by atoms with Crippen LogP contribution in [-0.4, -0.2) is 40.1 Å². The van der Waals surface area contributed by atoms with E-state index in [4.69, 9.17) is 0 Å². The van der Waals surface area contributed by atoms with Gasteiger partial charge in [-0.25, -0.2) is 4.98 Å². The van der Waals surface area contributed by atoms with E-state index in [-0.39, 0.29) is 0 Å². The Kier molecular flexibility index (Phi) is 5.68. The van der Waals surface area contributed by atoms with Crippen molar-refractivity contribution in [3.8, 4) is 0 Å². The molecular formula is C21H31N5. The summed E-state index contributed by atoms with van der Waals surface area (Å²) in [6.07, 6.45) is 7.74. The molecule has 26 heavy (non-hydrogen) atoms. The summed E-state index contributed by atoms with van der Waals surface area (Å²) in [7, 11) is 0. The number of imidazole rings is 1. The number of aryl methyl sites for hydroxylation is 1. The molecule has 5 nitrogen and oxygen atoms in total. The maximum absolute atomic E-state index is 4.58. The summed E-state index contributed by atoms with van der Waals surface area (Å²) < 4.78 is 2.31. The lowest BCUT2D eigenvalue weighted by Gasteiger charge is -2.36. The van der Waals surface area contributed by atoms with Gasteiger partial charge in [0.2, 0.25) is 0 Å². The molecular weight excluding hydrogens is 322 g/mol. The summed E-state index contributed by atoms with van der Waals surface area (Å²) >= 11 is 0. The number of hydrogen-bond acceptors (Lipinski definition) is 4. The van der Waals surface area contributed by atoms with Crippen LogP contribution in [0.4, 0.5) is 0 Å². The molecule has 4 rings (SSSR count). The van der Waals surface area contributed by atoms with Gasteiger partial charge in [-0.2, -0.15) is 0 Å². The standard InChI is InChI=1S/C21H31N5/c1-2-11-26-14-10-22-20(26)16-25-12-8-18(9-13-25)21-19(15-23-24-21)17-6-4-3-5-7-17/h3-7,10,14,18-19,21,23-24H,2,8-9,11-13,15-16H2,1H3. The molecule has 140 valence electrons. The third-order valence-electron chi connectivity index (χ3n) is 6.02. The second-order valence-corrected chi connectivity index (χ2v) is 7.72. The monoisotopic (exact) mass is 353 g/mol. The topological polar surface area (TPSA) is 45.1 Å². The lowest BCUT2D eigenvalue weighted by Crippen LogP contribution is -2.44. The summed E-state index contributed by atoms with van der Waals surface area (Å²) in [5, 5.41) is 0. The molecule has 2 aliphatic rings. The van der Waals surface area contributed by atoms with Crippen LogP contribution in [0.25, 0.3) is 0 Å². The van der Waals surface area contributed by atoms with Crippen LogP contribution in [0.2, 0.25) is 0 Å². The number of piperidine rings is 1. The minimum Gasteiger partial charge on any atom is -0.334 e. The van der Waals surface area contributed by atoms with Crippen molar-refractivity contribution < 1.29 is 0 Å². The molecule has 0 spiro atoms. The zero-order valence-corrected chi connectivity index (χ0v) is 15.8. The molecule has 2 atom stereocenters. The van der Waals surface area contributed by atoms with Gasteiger partial charge in [-0.15, -0.1) is 0 Å². The molecule has 5 heteroatoms. The van der Waals surface area contributed by atoms with Crippen LogP contribution in [0.5, 0.6) is 0 Å². The first kappa shape index (κ1) is 17.7. The van der Waals surface area contributed by atoms with Crippen molar-refractivity contribution in [3.05, 3.63) is 54.1 Å². The fraction of sp³-hybridized carbons (Fsp3) is 0.571. The highest BCUT2D eigenvalue weighted by atomic mass is 15.4. The summed E-state index contributed by atoms with van der Waals surface area (Å²) in [5.41, 5.74) is 8.44. The van der Waals surface area contributed by atoms with Crippen molar-refractivity contribution in [1.82, 2.24) is 25.3 Å². The van der Waals surface area contributed by atoms with Gasteiger partial charge in [0.25, 0.3) is 0 Å². The van der Waals surface area contributed by atoms with Gasteiger partial charge in [-0.3, -0.25) is 15.8 Å². The van der Waals surface area contributed by atoms with E-state index in [1.54, 1.807) is 0 Å². The molecule has 2 aromatic rings. The highest BCUT2D eigenvalue weighted by Gasteiger charge is 2.36. The number of hydrazine groups is 1. The van der Waals surface area contributed by atoms with Crippen LogP contribution in [-0.2, 0) is 13.1 Å². The summed E-state index contributed by atoms with van der Waals surface area (Å²) in [5.74, 6) is 2.53. The zero-order valence-electron chi connectivity index (χ0n) is 15.8. The van der Waals surface area contributed by atoms with Crippen LogP contribution >= 0.6 is 0 Å². The molecule has 0 aliphatic carbocycles. The maximum Gasteiger partial charge on any atom is 0.122 e. The molecule has 0 amide bonds. The average molecular weight is 354 g/mol. The van der Waals surface area contributed by atoms with E-state index >= 15 is 0 Å². The number of hydrogen-bond donors (Lipinski definition) is 2. The molecule has 2 fully saturated rings. The molecule has 2 N–H and O–H groups in total. The van der Waals surface area contributed by atoms with Crippen LogP contribution in [0.15, 0.2) is 42.7 Å². The molecule has 1 aromatic carbocycles. The van der Waals surface area contributed by atoms with Crippen LogP contribution in [0.3, 0.4) is 0 Å². The fourth-order valence-electron chi connectivity index (χ4n) is 4.59. The third kappa shape index (κ3) is 3.85. The third-order valence-corrected chi connectivity index (χ3v) is 6.02. The van der Waals surface area contributed by atoms with Crippen LogP contribution < -0.4 is 10.9 Å². The summed E-state index contributed by atoms with van der Waals surface area (Å²) in [4.78, 5) is 7.15. The van der Waals surface area contributed by atoms with Crippen molar-refractivity contribution in [1.29, 1.82) is 0 Å². The molecule has 0 saturated carbocycles. The van der Waals surface area contributed by atoms with Gasteiger partial charge in [0, 0.05) is 37.4 Å². The molecule has 2 saturated heterocycles. The van der Waals surface area contributed by atoms with Crippen molar-refractivity contribution in [3.63, 3.8) is 0 Å². The Morgan fingerprint density at radius 3 is 2.73 bits per heavy atom. The normalized spacial score (nSPS) is 25.0. The van der Waals surface area contributed by atoms with Crippen molar-refractivity contribution in [2.75, 3.05) is 19.6 Å². The van der Waals surface area contributed by atoms with E-state index in [0.717, 1.165) is 32.0 Å². The van der Waals surface area contributed by atoms with Gasteiger partial charge in [0.15, 0.2) is 0 Å². The number of nitrogens with one attached hydrogen (secondary N) is 2. The predicted molar refractivity (Wildman–Crippen MR) is 105 cm³/mol. The van der Waals surface area contributed by atoms with E-state index in [2.05, 4.69) is 68.8 Å². The van der Waals surface area contributed by atoms with Crippen LogP contribution in [0, 0.1) is 5.92 Å². The Morgan fingerprint density at radius 1 is 1.15 bits per heavy atom. The Hall–Kier alpha value is -1.69. The van der Waals surface area contributed by atoms with Gasteiger partial charge in [-0.05, 0) is 43.8 Å². The van der Waals surface area contributed by atoms with Gasteiger partial charge in [0.1, 0.15) is 5.82 Å². The fourth-order valence-corrected chi connectivity index (χ4v) is 4.59. The first-order valence-electron chi connectivity index (χ1n) is 10.1. The highest BCUT2D eigenvalue weighted by Crippen LogP contribution is 2.32. The van der Waals surface area contributed by atoms with Gasteiger partial charge < -0.3 is 4.57 Å². The lowest BCUT2D eigenvalue weighted by molar-refractivity contribution is 0.148. The number of likely N-dealkylation sites (tertiary alicyclic amines) is 1. The van der Waals surface area contributed by atoms with E-state index in [1.807, 2.05) is 6.20 Å². The lowest BCUT2D eigenvalue weighted by atomic mass is 9.80. The number of rotatable bonds is 6. The quantitative estimate of drug-likeness (QED) is 0.838. The molecule has 0 bridgehead atoms. The second kappa shape index (κ2) is 8.33. The first-order valence-corrected chi connectivity index (χ1v) is 10.1. The Balaban J connectivity index is 1.34. The van der Waals surface area contributed by atoms with E-state index in [9.17, 15) is 0 Å². The Morgan fingerprint density at radius 2 is 1.96 bits per heavy atom. The molecule has 0 radical (unpaired) electrons. The Labute approximate surface area is 156 Å². The van der Waals surface area contributed by atoms with Gasteiger partial charge in [-0.1, -0.05) is 37.3 Å². The summed E-state index contributed by atoms with van der Waals surface area (Å²) in [6, 6.07) is 11.5. The van der Waals surface area contributed by atoms with Crippen molar-refractivity contribution in [2.45, 2.75) is 51.2 Å². The molecule has 3 heterocycles. The highest BCUT2D eigenvalue weighted by molar-refractivity contribution is 5.23. The molecule has 1 aromatic heterocycles. The number of benzene rings is 1. The second-order valence-electron chi connectivity index (χ2n) is 7.72. The largest absolute Gasteiger partial charge is 0.334 e. The van der Waals surface area contributed by atoms with Crippen LogP contribution in [0.1, 0.15) is 43.5 Å². The number of aromatic nitrogens is 2. The first-order chi connectivity index (χ1) is 12.8. The van der Waals surface area contributed by atoms with Gasteiger partial charge in [0.05, 0.1) is 6.54 Å². The minimum absolute atomic E-state index is 0.543. The van der Waals surface area contributed by atoms with E-state index in [1.165, 1.54) is 37.3 Å². The summed E-state index contributed by atoms with van der Waals surface area (Å²) in [6.45, 7) is 7.65. The molecule has 2 aliphatic heterocycles. The minimum atomic E-state index is 0.543. The number of nitrogens with zero attached hydrogens (tertiary/aromatic N) is 3. The molecule has 2 unspecified atom stereocenters. The predicted octanol–water partition coefficient (Wildman–Crippen LogP) is 2.77. The average Bonchev–Trinajstić information content (AvgIpc) is 3.33. The van der Waals surface area contributed by atoms with Crippen molar-refractivity contribution >= 4 is 0 Å². The smallest absolute Gasteiger partial charge is 0.122 e. The van der Waals surface area contributed by atoms with E-state index < -0.39 is 0 Å². The van der Waals surface area contributed by atoms with Crippen molar-refractivity contribution in [2.24, 2.45) is 5.92 Å². The van der Waals surface area contributed by atoms with Gasteiger partial charge >= 0.3 is 0 Å². The Bertz CT molecular complexity index is 675.